The number of hydrogen-bond acceptors (Lipinski definition) is 2. The molecule has 0 unspecified atom stereocenters. The van der Waals surface area contributed by atoms with Crippen LogP contribution in [0.2, 0.25) is 5.02 Å². The zero-order chi connectivity index (χ0) is 13.8. The lowest BCUT2D eigenvalue weighted by molar-refractivity contribution is 0.0613. The molecule has 0 spiro atoms. The molecule has 1 aliphatic rings. The molecular formula is C14H17BrClNO2. The minimum atomic E-state index is 0.0547. The van der Waals surface area contributed by atoms with Crippen LogP contribution in [0.15, 0.2) is 22.7 Å². The third kappa shape index (κ3) is 3.94. The van der Waals surface area contributed by atoms with Gasteiger partial charge >= 0.3 is 0 Å². The van der Waals surface area contributed by atoms with Gasteiger partial charge in [0.15, 0.2) is 0 Å². The quantitative estimate of drug-likeness (QED) is 0.837. The van der Waals surface area contributed by atoms with E-state index in [2.05, 4.69) is 15.9 Å². The Bertz CT molecular complexity index is 439. The summed E-state index contributed by atoms with van der Waals surface area (Å²) in [5.41, 5.74) is 0.643. The van der Waals surface area contributed by atoms with Crippen molar-refractivity contribution in [3.8, 4) is 0 Å². The summed E-state index contributed by atoms with van der Waals surface area (Å²) in [7, 11) is 1.72. The van der Waals surface area contributed by atoms with Gasteiger partial charge in [0.25, 0.3) is 5.91 Å². The van der Waals surface area contributed by atoms with E-state index < -0.39 is 0 Å². The number of benzene rings is 1. The van der Waals surface area contributed by atoms with Crippen molar-refractivity contribution in [1.82, 2.24) is 4.90 Å². The van der Waals surface area contributed by atoms with Crippen LogP contribution in [0.25, 0.3) is 0 Å². The zero-order valence-electron chi connectivity index (χ0n) is 10.9. The number of halogens is 2. The van der Waals surface area contributed by atoms with Gasteiger partial charge < -0.3 is 9.64 Å². The minimum Gasteiger partial charge on any atom is -0.384 e. The maximum atomic E-state index is 12.4. The summed E-state index contributed by atoms with van der Waals surface area (Å²) >= 11 is 9.34. The lowest BCUT2D eigenvalue weighted by Gasteiger charge is -2.31. The molecule has 0 aromatic heterocycles. The first-order valence-electron chi connectivity index (χ1n) is 6.34. The van der Waals surface area contributed by atoms with Crippen molar-refractivity contribution in [2.45, 2.75) is 12.8 Å². The average molecular weight is 347 g/mol. The number of methoxy groups -OCH3 is 1. The molecule has 0 aliphatic carbocycles. The second-order valence-electron chi connectivity index (χ2n) is 4.85. The van der Waals surface area contributed by atoms with E-state index in [4.69, 9.17) is 16.3 Å². The topological polar surface area (TPSA) is 29.5 Å². The highest BCUT2D eigenvalue weighted by Gasteiger charge is 2.23. The van der Waals surface area contributed by atoms with Gasteiger partial charge in [-0.3, -0.25) is 4.79 Å². The fourth-order valence-electron chi connectivity index (χ4n) is 2.40. The second kappa shape index (κ2) is 6.73. The summed E-state index contributed by atoms with van der Waals surface area (Å²) in [5.74, 6) is 0.624. The number of carbonyl (C=O) groups is 1. The highest BCUT2D eigenvalue weighted by molar-refractivity contribution is 9.10. The van der Waals surface area contributed by atoms with E-state index in [9.17, 15) is 4.79 Å². The molecule has 1 aliphatic heterocycles. The molecule has 5 heteroatoms. The highest BCUT2D eigenvalue weighted by atomic mass is 79.9. The molecule has 0 bridgehead atoms. The van der Waals surface area contributed by atoms with Crippen LogP contribution >= 0.6 is 27.5 Å². The van der Waals surface area contributed by atoms with Gasteiger partial charge in [-0.1, -0.05) is 27.5 Å². The smallest absolute Gasteiger partial charge is 0.253 e. The fraction of sp³-hybridized carbons (Fsp3) is 0.500. The Morgan fingerprint density at radius 3 is 2.68 bits per heavy atom. The molecular weight excluding hydrogens is 330 g/mol. The number of rotatable bonds is 3. The molecule has 0 saturated carbocycles. The minimum absolute atomic E-state index is 0.0547. The van der Waals surface area contributed by atoms with Gasteiger partial charge in [0.2, 0.25) is 0 Å². The molecule has 1 aromatic rings. The standard InChI is InChI=1S/C14H17BrClNO2/c1-19-9-10-2-4-17(5-3-10)14(18)11-6-12(15)8-13(16)7-11/h6-8,10H,2-5,9H2,1H3. The fourth-order valence-corrected chi connectivity index (χ4v) is 3.26. The summed E-state index contributed by atoms with van der Waals surface area (Å²) in [6, 6.07) is 5.31. The monoisotopic (exact) mass is 345 g/mol. The number of nitrogens with zero attached hydrogens (tertiary/aromatic N) is 1. The third-order valence-electron chi connectivity index (χ3n) is 3.41. The van der Waals surface area contributed by atoms with Crippen LogP contribution in [0.4, 0.5) is 0 Å². The van der Waals surface area contributed by atoms with Crippen LogP contribution < -0.4 is 0 Å². The van der Waals surface area contributed by atoms with Crippen molar-refractivity contribution in [3.63, 3.8) is 0 Å². The van der Waals surface area contributed by atoms with E-state index in [0.29, 0.717) is 16.5 Å². The molecule has 104 valence electrons. The molecule has 0 atom stereocenters. The lowest BCUT2D eigenvalue weighted by atomic mass is 9.97. The highest BCUT2D eigenvalue weighted by Crippen LogP contribution is 2.23. The third-order valence-corrected chi connectivity index (χ3v) is 4.09. The maximum Gasteiger partial charge on any atom is 0.253 e. The van der Waals surface area contributed by atoms with E-state index in [0.717, 1.165) is 37.0 Å². The van der Waals surface area contributed by atoms with Crippen LogP contribution in [0.1, 0.15) is 23.2 Å². The van der Waals surface area contributed by atoms with Crippen LogP contribution in [-0.4, -0.2) is 37.6 Å². The van der Waals surface area contributed by atoms with Crippen LogP contribution in [0, 0.1) is 5.92 Å². The number of ether oxygens (including phenoxy) is 1. The Labute approximate surface area is 127 Å². The van der Waals surface area contributed by atoms with Gasteiger partial charge in [-0.05, 0) is 37.0 Å². The summed E-state index contributed by atoms with van der Waals surface area (Å²) < 4.78 is 6.00. The second-order valence-corrected chi connectivity index (χ2v) is 6.20. The number of hydrogen-bond donors (Lipinski definition) is 0. The Balaban J connectivity index is 2.01. The Morgan fingerprint density at radius 1 is 1.42 bits per heavy atom. The molecule has 3 nitrogen and oxygen atoms in total. The van der Waals surface area contributed by atoms with Gasteiger partial charge in [-0.25, -0.2) is 0 Å². The van der Waals surface area contributed by atoms with E-state index in [-0.39, 0.29) is 5.91 Å². The molecule has 2 rings (SSSR count). The first-order chi connectivity index (χ1) is 9.10. The Hall–Kier alpha value is -0.580. The van der Waals surface area contributed by atoms with E-state index >= 15 is 0 Å². The normalized spacial score (nSPS) is 16.7. The van der Waals surface area contributed by atoms with Crippen LogP contribution in [0.5, 0.6) is 0 Å². The largest absolute Gasteiger partial charge is 0.384 e. The molecule has 1 aromatic carbocycles. The van der Waals surface area contributed by atoms with Crippen molar-refractivity contribution >= 4 is 33.4 Å². The van der Waals surface area contributed by atoms with Crippen molar-refractivity contribution in [1.29, 1.82) is 0 Å². The SMILES string of the molecule is COCC1CCN(C(=O)c2cc(Cl)cc(Br)c2)CC1. The summed E-state index contributed by atoms with van der Waals surface area (Å²) in [4.78, 5) is 14.3. The summed E-state index contributed by atoms with van der Waals surface area (Å²) in [6.07, 6.45) is 2.00. The Kier molecular flexibility index (Phi) is 5.25. The van der Waals surface area contributed by atoms with Crippen molar-refractivity contribution in [2.75, 3.05) is 26.8 Å². The molecule has 1 heterocycles. The van der Waals surface area contributed by atoms with E-state index in [1.54, 1.807) is 19.2 Å². The first-order valence-corrected chi connectivity index (χ1v) is 7.51. The number of likely N-dealkylation sites (tertiary alicyclic amines) is 1. The predicted octanol–water partition coefficient (Wildman–Crippen LogP) is 3.60. The lowest BCUT2D eigenvalue weighted by Crippen LogP contribution is -2.39. The van der Waals surface area contributed by atoms with Crippen molar-refractivity contribution < 1.29 is 9.53 Å². The van der Waals surface area contributed by atoms with Crippen molar-refractivity contribution in [2.24, 2.45) is 5.92 Å². The van der Waals surface area contributed by atoms with Gasteiger partial charge in [-0.15, -0.1) is 0 Å². The van der Waals surface area contributed by atoms with Gasteiger partial charge in [0.1, 0.15) is 0 Å². The molecule has 19 heavy (non-hydrogen) atoms. The maximum absolute atomic E-state index is 12.4. The number of carbonyl (C=O) groups excluding carboxylic acids is 1. The predicted molar refractivity (Wildman–Crippen MR) is 79.7 cm³/mol. The zero-order valence-corrected chi connectivity index (χ0v) is 13.2. The van der Waals surface area contributed by atoms with E-state index in [1.807, 2.05) is 11.0 Å². The molecule has 0 radical (unpaired) electrons. The molecule has 1 fully saturated rings. The first kappa shape index (κ1) is 14.8. The Morgan fingerprint density at radius 2 is 2.11 bits per heavy atom. The van der Waals surface area contributed by atoms with Crippen LogP contribution in [0.3, 0.4) is 0 Å². The van der Waals surface area contributed by atoms with Crippen molar-refractivity contribution in [3.05, 3.63) is 33.3 Å². The summed E-state index contributed by atoms with van der Waals surface area (Å²) in [5, 5.41) is 0.576. The molecule has 1 saturated heterocycles. The van der Waals surface area contributed by atoms with Gasteiger partial charge in [-0.2, -0.15) is 0 Å². The number of amides is 1. The molecule has 1 amide bonds. The van der Waals surface area contributed by atoms with Gasteiger partial charge in [0, 0.05) is 41.9 Å². The average Bonchev–Trinajstić information content (AvgIpc) is 2.38. The van der Waals surface area contributed by atoms with Crippen LogP contribution in [-0.2, 0) is 4.74 Å². The molecule has 0 N–H and O–H groups in total. The summed E-state index contributed by atoms with van der Waals surface area (Å²) in [6.45, 7) is 2.36. The van der Waals surface area contributed by atoms with E-state index in [1.165, 1.54) is 0 Å². The van der Waals surface area contributed by atoms with Gasteiger partial charge in [0.05, 0.1) is 0 Å². The number of piperidine rings is 1.